The van der Waals surface area contributed by atoms with E-state index in [9.17, 15) is 4.79 Å². The highest BCUT2D eigenvalue weighted by Gasteiger charge is 2.19. The van der Waals surface area contributed by atoms with Gasteiger partial charge in [0, 0.05) is 6.04 Å². The summed E-state index contributed by atoms with van der Waals surface area (Å²) in [5.74, 6) is 0.359. The molecule has 0 atom stereocenters. The highest BCUT2D eigenvalue weighted by atomic mass is 35.5. The van der Waals surface area contributed by atoms with Crippen LogP contribution < -0.4 is 5.32 Å². The van der Waals surface area contributed by atoms with Crippen LogP contribution in [-0.4, -0.2) is 24.6 Å². The number of halogens is 1. The number of nitrogens with one attached hydrogen (secondary N) is 1. The van der Waals surface area contributed by atoms with Gasteiger partial charge in [0.05, 0.1) is 5.88 Å². The standard InChI is InChI=1S/C7H12ClNO2/c8-4-5-11-7(10)9-6-2-1-3-6/h6H,1-5H2,(H,9,10). The van der Waals surface area contributed by atoms with Gasteiger partial charge in [-0.05, 0) is 19.3 Å². The van der Waals surface area contributed by atoms with Crippen molar-refractivity contribution < 1.29 is 9.53 Å². The van der Waals surface area contributed by atoms with Crippen molar-refractivity contribution in [3.8, 4) is 0 Å². The van der Waals surface area contributed by atoms with Gasteiger partial charge in [-0.25, -0.2) is 4.79 Å². The maximum Gasteiger partial charge on any atom is 0.407 e. The molecule has 0 bridgehead atoms. The zero-order chi connectivity index (χ0) is 8.10. The van der Waals surface area contributed by atoms with E-state index < -0.39 is 0 Å². The zero-order valence-electron chi connectivity index (χ0n) is 6.31. The van der Waals surface area contributed by atoms with Gasteiger partial charge in [0.15, 0.2) is 0 Å². The highest BCUT2D eigenvalue weighted by Crippen LogP contribution is 2.17. The average Bonchev–Trinajstić information content (AvgIpc) is 1.93. The summed E-state index contributed by atoms with van der Waals surface area (Å²) in [5.41, 5.74) is 0. The van der Waals surface area contributed by atoms with E-state index in [-0.39, 0.29) is 6.09 Å². The summed E-state index contributed by atoms with van der Waals surface area (Å²) < 4.78 is 4.72. The van der Waals surface area contributed by atoms with Crippen molar-refractivity contribution >= 4 is 17.7 Å². The Hall–Kier alpha value is -0.440. The number of amides is 1. The maximum absolute atomic E-state index is 10.8. The molecule has 1 aliphatic rings. The first-order valence-corrected chi connectivity index (χ1v) is 4.35. The lowest BCUT2D eigenvalue weighted by Crippen LogP contribution is -2.39. The van der Waals surface area contributed by atoms with E-state index in [1.807, 2.05) is 0 Å². The number of hydrogen-bond donors (Lipinski definition) is 1. The Kier molecular flexibility index (Phi) is 3.49. The third kappa shape index (κ3) is 2.97. The van der Waals surface area contributed by atoms with Crippen molar-refractivity contribution in [2.45, 2.75) is 25.3 Å². The molecule has 0 saturated heterocycles. The van der Waals surface area contributed by atoms with E-state index in [4.69, 9.17) is 16.3 Å². The molecule has 0 aliphatic heterocycles. The van der Waals surface area contributed by atoms with Gasteiger partial charge in [-0.15, -0.1) is 11.6 Å². The van der Waals surface area contributed by atoms with E-state index >= 15 is 0 Å². The molecule has 0 heterocycles. The van der Waals surface area contributed by atoms with Crippen LogP contribution in [0.1, 0.15) is 19.3 Å². The third-order valence-electron chi connectivity index (χ3n) is 1.74. The Morgan fingerprint density at radius 2 is 2.36 bits per heavy atom. The van der Waals surface area contributed by atoms with Crippen LogP contribution in [0.25, 0.3) is 0 Å². The minimum Gasteiger partial charge on any atom is -0.448 e. The predicted molar refractivity (Wildman–Crippen MR) is 42.8 cm³/mol. The van der Waals surface area contributed by atoms with Gasteiger partial charge < -0.3 is 10.1 Å². The largest absolute Gasteiger partial charge is 0.448 e. The monoisotopic (exact) mass is 177 g/mol. The van der Waals surface area contributed by atoms with Crippen molar-refractivity contribution in [2.24, 2.45) is 0 Å². The van der Waals surface area contributed by atoms with E-state index in [2.05, 4.69) is 5.32 Å². The quantitative estimate of drug-likeness (QED) is 0.664. The van der Waals surface area contributed by atoms with Crippen LogP contribution in [0, 0.1) is 0 Å². The molecule has 0 aromatic carbocycles. The Morgan fingerprint density at radius 3 is 2.82 bits per heavy atom. The SMILES string of the molecule is O=C(NC1CCC1)OCCCl. The molecule has 1 N–H and O–H groups in total. The minimum absolute atomic E-state index is 0.292. The van der Waals surface area contributed by atoms with E-state index in [1.165, 1.54) is 6.42 Å². The van der Waals surface area contributed by atoms with Crippen LogP contribution in [0.2, 0.25) is 0 Å². The van der Waals surface area contributed by atoms with Crippen LogP contribution in [0.5, 0.6) is 0 Å². The molecule has 3 nitrogen and oxygen atoms in total. The van der Waals surface area contributed by atoms with Crippen LogP contribution in [0.15, 0.2) is 0 Å². The molecular formula is C7H12ClNO2. The van der Waals surface area contributed by atoms with Gasteiger partial charge >= 0.3 is 6.09 Å². The number of ether oxygens (including phenoxy) is 1. The van der Waals surface area contributed by atoms with Gasteiger partial charge in [-0.3, -0.25) is 0 Å². The van der Waals surface area contributed by atoms with Crippen LogP contribution in [-0.2, 0) is 4.74 Å². The van der Waals surface area contributed by atoms with Crippen molar-refractivity contribution in [1.82, 2.24) is 5.32 Å². The molecule has 4 heteroatoms. The van der Waals surface area contributed by atoms with Gasteiger partial charge in [0.25, 0.3) is 0 Å². The first-order chi connectivity index (χ1) is 5.33. The van der Waals surface area contributed by atoms with Crippen molar-refractivity contribution in [3.05, 3.63) is 0 Å². The Bertz CT molecular complexity index is 136. The van der Waals surface area contributed by atoms with E-state index in [0.29, 0.717) is 18.5 Å². The van der Waals surface area contributed by atoms with Gasteiger partial charge in [0.2, 0.25) is 0 Å². The molecule has 1 fully saturated rings. The number of rotatable bonds is 3. The normalized spacial score (nSPS) is 17.2. The van der Waals surface area contributed by atoms with Gasteiger partial charge in [0.1, 0.15) is 6.61 Å². The summed E-state index contributed by atoms with van der Waals surface area (Å²) in [4.78, 5) is 10.8. The number of alkyl halides is 1. The second-order valence-electron chi connectivity index (χ2n) is 2.60. The van der Waals surface area contributed by atoms with E-state index in [0.717, 1.165) is 12.8 Å². The summed E-state index contributed by atoms with van der Waals surface area (Å²) >= 11 is 5.33. The molecule has 0 unspecified atom stereocenters. The second-order valence-corrected chi connectivity index (χ2v) is 2.98. The lowest BCUT2D eigenvalue weighted by atomic mass is 9.93. The first kappa shape index (κ1) is 8.65. The molecular weight excluding hydrogens is 166 g/mol. The first-order valence-electron chi connectivity index (χ1n) is 3.82. The lowest BCUT2D eigenvalue weighted by molar-refractivity contribution is 0.142. The molecule has 1 amide bonds. The maximum atomic E-state index is 10.8. The predicted octanol–water partition coefficient (Wildman–Crippen LogP) is 1.50. The molecule has 0 aromatic rings. The summed E-state index contributed by atoms with van der Waals surface area (Å²) in [6, 6.07) is 0.345. The number of hydrogen-bond acceptors (Lipinski definition) is 2. The third-order valence-corrected chi connectivity index (χ3v) is 1.89. The molecule has 11 heavy (non-hydrogen) atoms. The molecule has 0 spiro atoms. The Morgan fingerprint density at radius 1 is 1.64 bits per heavy atom. The topological polar surface area (TPSA) is 38.3 Å². The van der Waals surface area contributed by atoms with E-state index in [1.54, 1.807) is 0 Å². The average molecular weight is 178 g/mol. The Balaban J connectivity index is 2.00. The fourth-order valence-corrected chi connectivity index (χ4v) is 0.969. The zero-order valence-corrected chi connectivity index (χ0v) is 7.06. The summed E-state index contributed by atoms with van der Waals surface area (Å²) in [7, 11) is 0. The summed E-state index contributed by atoms with van der Waals surface area (Å²) in [6.45, 7) is 0.292. The minimum atomic E-state index is -0.338. The lowest BCUT2D eigenvalue weighted by Gasteiger charge is -2.25. The second kappa shape index (κ2) is 4.44. The summed E-state index contributed by atoms with van der Waals surface area (Å²) in [5, 5.41) is 2.73. The van der Waals surface area contributed by atoms with Crippen molar-refractivity contribution in [2.75, 3.05) is 12.5 Å². The molecule has 64 valence electrons. The number of alkyl carbamates (subject to hydrolysis) is 1. The summed E-state index contributed by atoms with van der Waals surface area (Å²) in [6.07, 6.45) is 3.03. The fraction of sp³-hybridized carbons (Fsp3) is 0.857. The van der Waals surface area contributed by atoms with Crippen molar-refractivity contribution in [1.29, 1.82) is 0 Å². The van der Waals surface area contributed by atoms with Gasteiger partial charge in [-0.1, -0.05) is 0 Å². The number of carbonyl (C=O) groups excluding carboxylic acids is 1. The number of carbonyl (C=O) groups is 1. The van der Waals surface area contributed by atoms with Crippen LogP contribution >= 0.6 is 11.6 Å². The highest BCUT2D eigenvalue weighted by molar-refractivity contribution is 6.18. The smallest absolute Gasteiger partial charge is 0.407 e. The van der Waals surface area contributed by atoms with Crippen LogP contribution in [0.4, 0.5) is 4.79 Å². The van der Waals surface area contributed by atoms with Crippen LogP contribution in [0.3, 0.4) is 0 Å². The molecule has 1 rings (SSSR count). The Labute approximate surface area is 71.1 Å². The fourth-order valence-electron chi connectivity index (χ4n) is 0.892. The molecule has 1 aliphatic carbocycles. The van der Waals surface area contributed by atoms with Crippen molar-refractivity contribution in [3.63, 3.8) is 0 Å². The molecule has 0 aromatic heterocycles. The molecule has 1 saturated carbocycles. The van der Waals surface area contributed by atoms with Gasteiger partial charge in [-0.2, -0.15) is 0 Å². The molecule has 0 radical (unpaired) electrons.